The Hall–Kier alpha value is -1.94. The Morgan fingerprint density at radius 2 is 2.19 bits per heavy atom. The minimum atomic E-state index is -0.614. The highest BCUT2D eigenvalue weighted by Gasteiger charge is 2.11. The Kier molecular flexibility index (Phi) is 8.05. The molecule has 0 bridgehead atoms. The predicted octanol–water partition coefficient (Wildman–Crippen LogP) is 0.529. The SMILES string of the molecule is COCCOCCNC(=O)c1ccc(C#CCN)cc1F. The Bertz CT molecular complexity index is 523. The smallest absolute Gasteiger partial charge is 0.254 e. The van der Waals surface area contributed by atoms with Crippen molar-refractivity contribution in [3.63, 3.8) is 0 Å². The molecular formula is C15H19FN2O3. The van der Waals surface area contributed by atoms with E-state index in [9.17, 15) is 9.18 Å². The molecule has 0 aromatic heterocycles. The highest BCUT2D eigenvalue weighted by molar-refractivity contribution is 5.94. The van der Waals surface area contributed by atoms with Gasteiger partial charge < -0.3 is 20.5 Å². The van der Waals surface area contributed by atoms with Gasteiger partial charge in [-0.1, -0.05) is 11.8 Å². The van der Waals surface area contributed by atoms with Gasteiger partial charge in [0.2, 0.25) is 0 Å². The second-order valence-corrected chi connectivity index (χ2v) is 4.06. The number of amides is 1. The first-order valence-electron chi connectivity index (χ1n) is 6.52. The molecule has 0 unspecified atom stereocenters. The van der Waals surface area contributed by atoms with E-state index in [0.29, 0.717) is 31.9 Å². The molecular weight excluding hydrogens is 275 g/mol. The number of carbonyl (C=O) groups excluding carboxylic acids is 1. The van der Waals surface area contributed by atoms with Crippen LogP contribution >= 0.6 is 0 Å². The molecule has 1 amide bonds. The monoisotopic (exact) mass is 294 g/mol. The quantitative estimate of drug-likeness (QED) is 0.568. The number of benzene rings is 1. The Morgan fingerprint density at radius 1 is 1.38 bits per heavy atom. The van der Waals surface area contributed by atoms with Crippen LogP contribution in [0, 0.1) is 17.7 Å². The van der Waals surface area contributed by atoms with Crippen LogP contribution in [0.15, 0.2) is 18.2 Å². The van der Waals surface area contributed by atoms with E-state index in [2.05, 4.69) is 17.2 Å². The lowest BCUT2D eigenvalue weighted by molar-refractivity contribution is 0.0692. The number of carbonyl (C=O) groups is 1. The van der Waals surface area contributed by atoms with E-state index >= 15 is 0 Å². The first-order chi connectivity index (χ1) is 10.2. The molecule has 0 aliphatic carbocycles. The third-order valence-electron chi connectivity index (χ3n) is 2.51. The number of hydrogen-bond acceptors (Lipinski definition) is 4. The molecule has 1 aromatic carbocycles. The standard InChI is InChI=1S/C15H19FN2O3/c1-20-9-10-21-8-7-18-15(19)13-5-4-12(3-2-6-17)11-14(13)16/h4-5,11H,6-10,17H2,1H3,(H,18,19). The van der Waals surface area contributed by atoms with Gasteiger partial charge in [0, 0.05) is 19.2 Å². The lowest BCUT2D eigenvalue weighted by Crippen LogP contribution is -2.28. The van der Waals surface area contributed by atoms with Crippen molar-refractivity contribution in [2.75, 3.05) is 40.0 Å². The summed E-state index contributed by atoms with van der Waals surface area (Å²) in [5.74, 6) is 4.23. The number of halogens is 1. The van der Waals surface area contributed by atoms with Crippen molar-refractivity contribution in [2.24, 2.45) is 5.73 Å². The molecule has 21 heavy (non-hydrogen) atoms. The summed E-state index contributed by atoms with van der Waals surface area (Å²) < 4.78 is 23.8. The van der Waals surface area contributed by atoms with Crippen LogP contribution in [0.3, 0.4) is 0 Å². The number of methoxy groups -OCH3 is 1. The molecule has 0 saturated heterocycles. The summed E-state index contributed by atoms with van der Waals surface area (Å²) in [6.45, 7) is 1.80. The van der Waals surface area contributed by atoms with Gasteiger partial charge in [0.25, 0.3) is 5.91 Å². The van der Waals surface area contributed by atoms with Gasteiger partial charge in [0.15, 0.2) is 0 Å². The van der Waals surface area contributed by atoms with Crippen LogP contribution in [0.1, 0.15) is 15.9 Å². The van der Waals surface area contributed by atoms with Gasteiger partial charge in [0.05, 0.1) is 31.9 Å². The lowest BCUT2D eigenvalue weighted by Gasteiger charge is -2.07. The Morgan fingerprint density at radius 3 is 2.86 bits per heavy atom. The molecule has 0 spiro atoms. The maximum absolute atomic E-state index is 13.8. The van der Waals surface area contributed by atoms with Crippen LogP contribution in [-0.2, 0) is 9.47 Å². The molecule has 6 heteroatoms. The molecule has 0 aliphatic rings. The first kappa shape index (κ1) is 17.1. The van der Waals surface area contributed by atoms with E-state index < -0.39 is 11.7 Å². The van der Waals surface area contributed by atoms with Crippen LogP contribution in [0.25, 0.3) is 0 Å². The van der Waals surface area contributed by atoms with E-state index in [1.807, 2.05) is 0 Å². The third kappa shape index (κ3) is 6.36. The van der Waals surface area contributed by atoms with Crippen molar-refractivity contribution in [3.05, 3.63) is 35.1 Å². The predicted molar refractivity (Wildman–Crippen MR) is 77.4 cm³/mol. The van der Waals surface area contributed by atoms with Crippen molar-refractivity contribution in [2.45, 2.75) is 0 Å². The van der Waals surface area contributed by atoms with E-state index in [4.69, 9.17) is 15.2 Å². The summed E-state index contributed by atoms with van der Waals surface area (Å²) in [5.41, 5.74) is 5.70. The molecule has 1 rings (SSSR count). The van der Waals surface area contributed by atoms with E-state index in [1.165, 1.54) is 12.1 Å². The summed E-state index contributed by atoms with van der Waals surface area (Å²) in [5, 5.41) is 2.58. The van der Waals surface area contributed by atoms with Crippen molar-refractivity contribution in [1.29, 1.82) is 0 Å². The molecule has 0 aliphatic heterocycles. The highest BCUT2D eigenvalue weighted by atomic mass is 19.1. The van der Waals surface area contributed by atoms with Gasteiger partial charge in [0.1, 0.15) is 5.82 Å². The average molecular weight is 294 g/mol. The first-order valence-corrected chi connectivity index (χ1v) is 6.52. The highest BCUT2D eigenvalue weighted by Crippen LogP contribution is 2.09. The van der Waals surface area contributed by atoms with Crippen LogP contribution in [0.2, 0.25) is 0 Å². The van der Waals surface area contributed by atoms with Crippen LogP contribution in [-0.4, -0.2) is 45.9 Å². The number of hydrogen-bond donors (Lipinski definition) is 2. The summed E-state index contributed by atoms with van der Waals surface area (Å²) in [7, 11) is 1.58. The van der Waals surface area contributed by atoms with Crippen LogP contribution < -0.4 is 11.1 Å². The molecule has 0 fully saturated rings. The summed E-state index contributed by atoms with van der Waals surface area (Å²) in [6.07, 6.45) is 0. The van der Waals surface area contributed by atoms with E-state index in [-0.39, 0.29) is 12.1 Å². The number of ether oxygens (including phenoxy) is 2. The summed E-state index contributed by atoms with van der Waals surface area (Å²) in [6, 6.07) is 4.19. The molecule has 114 valence electrons. The van der Waals surface area contributed by atoms with E-state index in [1.54, 1.807) is 13.2 Å². The fourth-order valence-corrected chi connectivity index (χ4v) is 1.51. The Labute approximate surface area is 123 Å². The number of nitrogens with one attached hydrogen (secondary N) is 1. The maximum Gasteiger partial charge on any atom is 0.254 e. The van der Waals surface area contributed by atoms with Gasteiger partial charge in [-0.25, -0.2) is 4.39 Å². The molecule has 0 heterocycles. The van der Waals surface area contributed by atoms with E-state index in [0.717, 1.165) is 0 Å². The van der Waals surface area contributed by atoms with Crippen molar-refractivity contribution in [3.8, 4) is 11.8 Å². The van der Waals surface area contributed by atoms with Crippen molar-refractivity contribution < 1.29 is 18.7 Å². The van der Waals surface area contributed by atoms with Gasteiger partial charge in [-0.05, 0) is 18.2 Å². The van der Waals surface area contributed by atoms with Gasteiger partial charge in [-0.2, -0.15) is 0 Å². The minimum absolute atomic E-state index is 0.0230. The van der Waals surface area contributed by atoms with Crippen LogP contribution in [0.5, 0.6) is 0 Å². The lowest BCUT2D eigenvalue weighted by atomic mass is 10.1. The fourth-order valence-electron chi connectivity index (χ4n) is 1.51. The third-order valence-corrected chi connectivity index (χ3v) is 2.51. The molecule has 0 atom stereocenters. The second kappa shape index (κ2) is 9.88. The molecule has 0 saturated carbocycles. The minimum Gasteiger partial charge on any atom is -0.382 e. The van der Waals surface area contributed by atoms with Gasteiger partial charge in [-0.15, -0.1) is 0 Å². The molecule has 3 N–H and O–H groups in total. The van der Waals surface area contributed by atoms with Gasteiger partial charge in [-0.3, -0.25) is 4.79 Å². The Balaban J connectivity index is 2.47. The zero-order chi connectivity index (χ0) is 15.5. The normalized spacial score (nSPS) is 9.86. The molecule has 0 radical (unpaired) electrons. The second-order valence-electron chi connectivity index (χ2n) is 4.06. The summed E-state index contributed by atoms with van der Waals surface area (Å²) >= 11 is 0. The van der Waals surface area contributed by atoms with Gasteiger partial charge >= 0.3 is 0 Å². The van der Waals surface area contributed by atoms with Crippen molar-refractivity contribution in [1.82, 2.24) is 5.32 Å². The fraction of sp³-hybridized carbons (Fsp3) is 0.400. The largest absolute Gasteiger partial charge is 0.382 e. The average Bonchev–Trinajstić information content (AvgIpc) is 2.48. The zero-order valence-corrected chi connectivity index (χ0v) is 11.9. The topological polar surface area (TPSA) is 73.6 Å². The number of rotatable bonds is 7. The molecule has 5 nitrogen and oxygen atoms in total. The van der Waals surface area contributed by atoms with Crippen molar-refractivity contribution >= 4 is 5.91 Å². The van der Waals surface area contributed by atoms with Crippen LogP contribution in [0.4, 0.5) is 4.39 Å². The maximum atomic E-state index is 13.8. The summed E-state index contributed by atoms with van der Waals surface area (Å²) in [4.78, 5) is 11.8. The zero-order valence-electron chi connectivity index (χ0n) is 11.9. The molecule has 1 aromatic rings. The number of nitrogens with two attached hydrogens (primary N) is 1.